The zero-order valence-corrected chi connectivity index (χ0v) is 14.3. The number of ether oxygens (including phenoxy) is 1. The number of nitrogens with one attached hydrogen (secondary N) is 1. The normalized spacial score (nSPS) is 17.0. The average Bonchev–Trinajstić information content (AvgIpc) is 2.93. The Labute approximate surface area is 137 Å². The number of H-pyrrole nitrogens is 1. The van der Waals surface area contributed by atoms with Gasteiger partial charge in [-0.1, -0.05) is 13.8 Å². The van der Waals surface area contributed by atoms with Gasteiger partial charge in [0, 0.05) is 35.6 Å². The van der Waals surface area contributed by atoms with Crippen molar-refractivity contribution in [2.75, 3.05) is 13.1 Å². The number of carbonyl (C=O) groups is 1. The molecule has 0 bridgehead atoms. The topological polar surface area (TPSA) is 45.3 Å². The summed E-state index contributed by atoms with van der Waals surface area (Å²) < 4.78 is 5.48. The smallest absolute Gasteiger partial charge is 0.308 e. The maximum atomic E-state index is 11.4. The predicted octanol–water partition coefficient (Wildman–Crippen LogP) is 3.68. The van der Waals surface area contributed by atoms with Crippen LogP contribution in [0.2, 0.25) is 0 Å². The first kappa shape index (κ1) is 16.1. The van der Waals surface area contributed by atoms with Gasteiger partial charge >= 0.3 is 5.97 Å². The predicted molar refractivity (Wildman–Crippen MR) is 93.0 cm³/mol. The van der Waals surface area contributed by atoms with E-state index in [-0.39, 0.29) is 5.97 Å². The summed E-state index contributed by atoms with van der Waals surface area (Å²) in [6, 6.07) is 4.42. The van der Waals surface area contributed by atoms with Crippen LogP contribution in [-0.4, -0.2) is 35.0 Å². The maximum absolute atomic E-state index is 11.4. The van der Waals surface area contributed by atoms with Crippen LogP contribution in [0.3, 0.4) is 0 Å². The standard InChI is InChI=1S/C19H26N2O2/c1-4-8-21(9-5-2)15-10-14-12-20-17-6-7-18(23-13(3)22)16(11-15)19(14)17/h6-7,12,15,20H,4-5,8-11H2,1-3H3. The molecule has 0 amide bonds. The van der Waals surface area contributed by atoms with E-state index >= 15 is 0 Å². The highest BCUT2D eigenvalue weighted by atomic mass is 16.5. The van der Waals surface area contributed by atoms with Crippen LogP contribution in [0.5, 0.6) is 5.75 Å². The summed E-state index contributed by atoms with van der Waals surface area (Å²) in [5.74, 6) is 0.474. The third kappa shape index (κ3) is 3.13. The van der Waals surface area contributed by atoms with E-state index in [4.69, 9.17) is 4.74 Å². The SMILES string of the molecule is CCCN(CCC)C1Cc2c[nH]c3ccc(OC(C)=O)c(c23)C1. The first-order valence-electron chi connectivity index (χ1n) is 8.68. The van der Waals surface area contributed by atoms with E-state index in [9.17, 15) is 4.79 Å². The Kier molecular flexibility index (Phi) is 4.71. The second-order valence-electron chi connectivity index (χ2n) is 6.47. The summed E-state index contributed by atoms with van der Waals surface area (Å²) in [6.45, 7) is 8.18. The Balaban J connectivity index is 1.98. The van der Waals surface area contributed by atoms with E-state index in [0.29, 0.717) is 6.04 Å². The van der Waals surface area contributed by atoms with Crippen LogP contribution >= 0.6 is 0 Å². The molecule has 0 saturated carbocycles. The molecular formula is C19H26N2O2. The highest BCUT2D eigenvalue weighted by Crippen LogP contribution is 2.37. The molecule has 1 aliphatic rings. The lowest BCUT2D eigenvalue weighted by Crippen LogP contribution is -2.41. The Bertz CT molecular complexity index is 699. The van der Waals surface area contributed by atoms with Gasteiger partial charge in [-0.15, -0.1) is 0 Å². The second kappa shape index (κ2) is 6.75. The molecular weight excluding hydrogens is 288 g/mol. The van der Waals surface area contributed by atoms with E-state index in [1.165, 1.54) is 23.4 Å². The maximum Gasteiger partial charge on any atom is 0.308 e. The molecule has 23 heavy (non-hydrogen) atoms. The summed E-state index contributed by atoms with van der Waals surface area (Å²) in [4.78, 5) is 17.4. The molecule has 0 saturated heterocycles. The van der Waals surface area contributed by atoms with Gasteiger partial charge < -0.3 is 9.72 Å². The first-order valence-corrected chi connectivity index (χ1v) is 8.68. The van der Waals surface area contributed by atoms with Gasteiger partial charge in [0.2, 0.25) is 0 Å². The van der Waals surface area contributed by atoms with Crippen molar-refractivity contribution in [3.8, 4) is 5.75 Å². The van der Waals surface area contributed by atoms with Gasteiger partial charge in [-0.25, -0.2) is 0 Å². The van der Waals surface area contributed by atoms with E-state index in [1.54, 1.807) is 0 Å². The Morgan fingerprint density at radius 2 is 2.00 bits per heavy atom. The van der Waals surface area contributed by atoms with Crippen molar-refractivity contribution in [2.45, 2.75) is 52.5 Å². The minimum absolute atomic E-state index is 0.251. The Hall–Kier alpha value is -1.81. The summed E-state index contributed by atoms with van der Waals surface area (Å²) in [5.41, 5.74) is 3.67. The molecule has 1 atom stereocenters. The largest absolute Gasteiger partial charge is 0.426 e. The molecule has 0 fully saturated rings. The molecule has 1 N–H and O–H groups in total. The van der Waals surface area contributed by atoms with Gasteiger partial charge in [0.15, 0.2) is 0 Å². The average molecular weight is 314 g/mol. The molecule has 124 valence electrons. The summed E-state index contributed by atoms with van der Waals surface area (Å²) in [5, 5.41) is 1.26. The Morgan fingerprint density at radius 1 is 1.26 bits per heavy atom. The van der Waals surface area contributed by atoms with Crippen molar-refractivity contribution in [1.82, 2.24) is 9.88 Å². The fraction of sp³-hybridized carbons (Fsp3) is 0.526. The molecule has 0 aliphatic heterocycles. The van der Waals surface area contributed by atoms with Crippen molar-refractivity contribution in [1.29, 1.82) is 0 Å². The number of hydrogen-bond donors (Lipinski definition) is 1. The molecule has 1 aromatic heterocycles. The fourth-order valence-electron chi connectivity index (χ4n) is 3.84. The van der Waals surface area contributed by atoms with Crippen molar-refractivity contribution >= 4 is 16.9 Å². The fourth-order valence-corrected chi connectivity index (χ4v) is 3.84. The lowest BCUT2D eigenvalue weighted by Gasteiger charge is -2.34. The van der Waals surface area contributed by atoms with Gasteiger partial charge in [-0.2, -0.15) is 0 Å². The zero-order chi connectivity index (χ0) is 16.4. The third-order valence-corrected chi connectivity index (χ3v) is 4.68. The van der Waals surface area contributed by atoms with Crippen LogP contribution in [0.1, 0.15) is 44.7 Å². The molecule has 0 radical (unpaired) electrons. The van der Waals surface area contributed by atoms with Gasteiger partial charge in [-0.3, -0.25) is 9.69 Å². The quantitative estimate of drug-likeness (QED) is 0.653. The monoisotopic (exact) mass is 314 g/mol. The Morgan fingerprint density at radius 3 is 2.65 bits per heavy atom. The number of aromatic amines is 1. The lowest BCUT2D eigenvalue weighted by molar-refractivity contribution is -0.131. The third-order valence-electron chi connectivity index (χ3n) is 4.68. The first-order chi connectivity index (χ1) is 11.1. The number of rotatable bonds is 6. The van der Waals surface area contributed by atoms with Crippen LogP contribution in [-0.2, 0) is 17.6 Å². The number of esters is 1. The molecule has 3 rings (SSSR count). The number of aromatic nitrogens is 1. The van der Waals surface area contributed by atoms with Crippen LogP contribution in [0.25, 0.3) is 10.9 Å². The molecule has 2 aromatic rings. The molecule has 1 heterocycles. The molecule has 1 unspecified atom stereocenters. The number of carbonyl (C=O) groups excluding carboxylic acids is 1. The van der Waals surface area contributed by atoms with Crippen LogP contribution < -0.4 is 4.74 Å². The highest BCUT2D eigenvalue weighted by Gasteiger charge is 2.28. The van der Waals surface area contributed by atoms with E-state index in [1.807, 2.05) is 12.1 Å². The summed E-state index contributed by atoms with van der Waals surface area (Å²) in [7, 11) is 0. The minimum Gasteiger partial charge on any atom is -0.426 e. The van der Waals surface area contributed by atoms with E-state index in [2.05, 4.69) is 29.9 Å². The van der Waals surface area contributed by atoms with Crippen molar-refractivity contribution in [3.05, 3.63) is 29.5 Å². The van der Waals surface area contributed by atoms with Gasteiger partial charge in [0.05, 0.1) is 0 Å². The molecule has 4 nitrogen and oxygen atoms in total. The van der Waals surface area contributed by atoms with Crippen molar-refractivity contribution in [3.63, 3.8) is 0 Å². The van der Waals surface area contributed by atoms with Crippen molar-refractivity contribution in [2.24, 2.45) is 0 Å². The zero-order valence-electron chi connectivity index (χ0n) is 14.3. The van der Waals surface area contributed by atoms with E-state index in [0.717, 1.165) is 50.0 Å². The lowest BCUT2D eigenvalue weighted by atomic mass is 9.87. The van der Waals surface area contributed by atoms with Crippen LogP contribution in [0, 0.1) is 0 Å². The van der Waals surface area contributed by atoms with Crippen LogP contribution in [0.15, 0.2) is 18.3 Å². The molecule has 1 aliphatic carbocycles. The highest BCUT2D eigenvalue weighted by molar-refractivity contribution is 5.90. The van der Waals surface area contributed by atoms with Crippen molar-refractivity contribution < 1.29 is 9.53 Å². The number of benzene rings is 1. The van der Waals surface area contributed by atoms with Gasteiger partial charge in [0.25, 0.3) is 0 Å². The van der Waals surface area contributed by atoms with Gasteiger partial charge in [-0.05, 0) is 56.5 Å². The van der Waals surface area contributed by atoms with E-state index < -0.39 is 0 Å². The molecule has 1 aromatic carbocycles. The summed E-state index contributed by atoms with van der Waals surface area (Å²) in [6.07, 6.45) is 6.46. The second-order valence-corrected chi connectivity index (χ2v) is 6.47. The molecule has 4 heteroatoms. The molecule has 0 spiro atoms. The summed E-state index contributed by atoms with van der Waals surface area (Å²) >= 11 is 0. The minimum atomic E-state index is -0.251. The number of nitrogens with zero attached hydrogens (tertiary/aromatic N) is 1. The number of hydrogen-bond acceptors (Lipinski definition) is 3. The van der Waals surface area contributed by atoms with Crippen LogP contribution in [0.4, 0.5) is 0 Å². The van der Waals surface area contributed by atoms with Gasteiger partial charge in [0.1, 0.15) is 5.75 Å².